The zero-order valence-electron chi connectivity index (χ0n) is 23.9. The van der Waals surface area contributed by atoms with E-state index in [9.17, 15) is 29.4 Å². The highest BCUT2D eigenvalue weighted by Crippen LogP contribution is 2.54. The molecule has 42 heavy (non-hydrogen) atoms. The normalized spacial score (nSPS) is 42.8. The van der Waals surface area contributed by atoms with Gasteiger partial charge in [0.25, 0.3) is 0 Å². The molecule has 0 bridgehead atoms. The van der Waals surface area contributed by atoms with Gasteiger partial charge in [0.15, 0.2) is 11.2 Å². The Morgan fingerprint density at radius 1 is 0.857 bits per heavy atom. The van der Waals surface area contributed by atoms with E-state index in [1.807, 2.05) is 24.3 Å². The number of halogens is 2. The number of allylic oxidation sites excluding steroid dienone is 2. The molecule has 12 heteroatoms. The number of amides is 2. The molecule has 0 spiro atoms. The van der Waals surface area contributed by atoms with Crippen molar-refractivity contribution in [3.8, 4) is 0 Å². The highest BCUT2D eigenvalue weighted by Gasteiger charge is 2.80. The number of hydrogen-bond donors (Lipinski definition) is 4. The lowest BCUT2D eigenvalue weighted by atomic mass is 9.64. The first kappa shape index (κ1) is 31.9. The first-order chi connectivity index (χ1) is 19.9. The molecule has 4 N–H and O–H groups in total. The number of fused-ring (bicyclic) bond motifs is 2. The van der Waals surface area contributed by atoms with Crippen LogP contribution in [0.25, 0.3) is 0 Å². The molecule has 0 aromatic carbocycles. The molecule has 6 rings (SSSR count). The fraction of sp³-hybridized carbons (Fsp3) is 0.733. The molecule has 0 aromatic rings. The maximum Gasteiger partial charge on any atom is 0.339 e. The molecule has 0 radical (unpaired) electrons. The lowest BCUT2D eigenvalue weighted by Gasteiger charge is -2.54. The van der Waals surface area contributed by atoms with Crippen molar-refractivity contribution in [2.24, 2.45) is 23.7 Å². The number of carbonyl (C=O) groups excluding carboxylic acids is 4. The standard InChI is InChI=1S/C15H20BrNO4.C15H20INO4/c2*1-14-10(7-8-16)12(19)17-15(14,13(20)21-14)11(18)9-5-3-2-4-6-9/h2*3,5,9-11,18H,2,4,6-8H2,1H3,(H,17,19)/t2*9-,10+,11+,14+,15+/m11/s1. The second-order valence-electron chi connectivity index (χ2n) is 12.6. The molecule has 4 saturated heterocycles. The van der Waals surface area contributed by atoms with Gasteiger partial charge in [0.2, 0.25) is 22.9 Å². The summed E-state index contributed by atoms with van der Waals surface area (Å²) in [6.45, 7) is 3.54. The maximum absolute atomic E-state index is 12.3. The van der Waals surface area contributed by atoms with Crippen molar-refractivity contribution in [3.63, 3.8) is 0 Å². The third kappa shape index (κ3) is 4.43. The molecule has 0 unspecified atom stereocenters. The van der Waals surface area contributed by atoms with E-state index in [0.717, 1.165) is 43.0 Å². The fourth-order valence-electron chi connectivity index (χ4n) is 7.98. The van der Waals surface area contributed by atoms with Crippen LogP contribution in [0.2, 0.25) is 0 Å². The summed E-state index contributed by atoms with van der Waals surface area (Å²) in [5.41, 5.74) is -4.45. The van der Waals surface area contributed by atoms with Crippen LogP contribution < -0.4 is 10.6 Å². The first-order valence-electron chi connectivity index (χ1n) is 14.9. The lowest BCUT2D eigenvalue weighted by Crippen LogP contribution is -2.80. The van der Waals surface area contributed by atoms with Gasteiger partial charge in [0.1, 0.15) is 0 Å². The Labute approximate surface area is 268 Å². The average molecular weight is 763 g/mol. The van der Waals surface area contributed by atoms with Crippen LogP contribution in [0.4, 0.5) is 0 Å². The minimum atomic E-state index is -1.29. The Kier molecular flexibility index (Phi) is 8.94. The molecule has 0 saturated carbocycles. The van der Waals surface area contributed by atoms with Crippen molar-refractivity contribution < 1.29 is 38.9 Å². The van der Waals surface area contributed by atoms with E-state index in [1.165, 1.54) is 0 Å². The molecule has 6 aliphatic rings. The number of hydrogen-bond acceptors (Lipinski definition) is 8. The molecule has 4 heterocycles. The molecule has 2 amide bonds. The number of aliphatic hydroxyl groups is 2. The summed E-state index contributed by atoms with van der Waals surface area (Å²) in [4.78, 5) is 48.9. The van der Waals surface area contributed by atoms with Crippen LogP contribution in [0.15, 0.2) is 24.3 Å². The Bertz CT molecular complexity index is 1110. The summed E-state index contributed by atoms with van der Waals surface area (Å²) in [5.74, 6) is -2.42. The quantitative estimate of drug-likeness (QED) is 0.128. The Balaban J connectivity index is 0.000000168. The molecular weight excluding hydrogens is 723 g/mol. The SMILES string of the molecule is C[C@@]12OC(=O)[C@]1([C@@H](O)[C@@H]1C=CCCC1)NC(=O)[C@@H]2CCBr.C[C@@]12OC(=O)[C@]1([C@@H](O)[C@@H]1C=CCCC1)NC(=O)[C@@H]2CCI. The zero-order chi connectivity index (χ0) is 30.5. The maximum atomic E-state index is 12.3. The van der Waals surface area contributed by atoms with Crippen molar-refractivity contribution >= 4 is 62.3 Å². The largest absolute Gasteiger partial charge is 0.453 e. The molecule has 232 valence electrons. The lowest BCUT2D eigenvalue weighted by molar-refractivity contribution is -0.239. The van der Waals surface area contributed by atoms with Gasteiger partial charge in [0.05, 0.1) is 24.0 Å². The van der Waals surface area contributed by atoms with Crippen LogP contribution >= 0.6 is 38.5 Å². The number of rotatable bonds is 8. The average Bonchev–Trinajstić information content (AvgIpc) is 3.27. The smallest absolute Gasteiger partial charge is 0.339 e. The molecule has 10 nitrogen and oxygen atoms in total. The number of carbonyl (C=O) groups is 4. The number of aliphatic hydroxyl groups excluding tert-OH is 2. The second-order valence-corrected chi connectivity index (χ2v) is 14.5. The summed E-state index contributed by atoms with van der Waals surface area (Å²) in [5, 5.41) is 27.8. The van der Waals surface area contributed by atoms with E-state index in [-0.39, 0.29) is 29.6 Å². The highest BCUT2D eigenvalue weighted by molar-refractivity contribution is 14.1. The van der Waals surface area contributed by atoms with Crippen LogP contribution in [0.3, 0.4) is 0 Å². The second kappa shape index (κ2) is 11.8. The van der Waals surface area contributed by atoms with Gasteiger partial charge in [-0.05, 0) is 65.2 Å². The summed E-state index contributed by atoms with van der Waals surface area (Å²) < 4.78 is 11.6. The summed E-state index contributed by atoms with van der Waals surface area (Å²) >= 11 is 5.55. The Hall–Kier alpha value is -1.51. The molecule has 10 atom stereocenters. The first-order valence-corrected chi connectivity index (χ1v) is 17.5. The van der Waals surface area contributed by atoms with Gasteiger partial charge in [0, 0.05) is 21.6 Å². The Morgan fingerprint density at radius 3 is 1.62 bits per heavy atom. The predicted octanol–water partition coefficient (Wildman–Crippen LogP) is 2.62. The van der Waals surface area contributed by atoms with Crippen LogP contribution in [0.1, 0.15) is 65.2 Å². The van der Waals surface area contributed by atoms with Gasteiger partial charge in [-0.3, -0.25) is 9.59 Å². The summed E-state index contributed by atoms with van der Waals surface area (Å²) in [6.07, 6.45) is 13.0. The highest BCUT2D eigenvalue weighted by atomic mass is 127. The predicted molar refractivity (Wildman–Crippen MR) is 165 cm³/mol. The van der Waals surface area contributed by atoms with Crippen molar-refractivity contribution in [2.45, 2.75) is 99.7 Å². The van der Waals surface area contributed by atoms with Gasteiger partial charge >= 0.3 is 11.9 Å². The van der Waals surface area contributed by atoms with E-state index in [4.69, 9.17) is 9.47 Å². The van der Waals surface area contributed by atoms with Crippen molar-refractivity contribution in [1.82, 2.24) is 10.6 Å². The molecule has 4 fully saturated rings. The van der Waals surface area contributed by atoms with E-state index in [1.54, 1.807) is 13.8 Å². The zero-order valence-corrected chi connectivity index (χ0v) is 27.7. The van der Waals surface area contributed by atoms with Gasteiger partial charge in [-0.1, -0.05) is 62.8 Å². The van der Waals surface area contributed by atoms with E-state index < -0.39 is 52.3 Å². The molecular formula is C30H40BrIN2O8. The van der Waals surface area contributed by atoms with Crippen LogP contribution in [0.5, 0.6) is 0 Å². The fourth-order valence-corrected chi connectivity index (χ4v) is 9.06. The summed E-state index contributed by atoms with van der Waals surface area (Å²) in [7, 11) is 0. The van der Waals surface area contributed by atoms with Crippen molar-refractivity contribution in [3.05, 3.63) is 24.3 Å². The third-order valence-electron chi connectivity index (χ3n) is 10.5. The molecule has 2 aliphatic carbocycles. The topological polar surface area (TPSA) is 151 Å². The minimum absolute atomic E-state index is 0.107. The van der Waals surface area contributed by atoms with Gasteiger partial charge in [-0.15, -0.1) is 0 Å². The number of nitrogens with one attached hydrogen (secondary N) is 2. The van der Waals surface area contributed by atoms with Crippen LogP contribution in [-0.4, -0.2) is 78.2 Å². The van der Waals surface area contributed by atoms with Crippen molar-refractivity contribution in [2.75, 3.05) is 9.76 Å². The van der Waals surface area contributed by atoms with Crippen LogP contribution in [-0.2, 0) is 28.7 Å². The third-order valence-corrected chi connectivity index (χ3v) is 11.6. The van der Waals surface area contributed by atoms with Gasteiger partial charge in [-0.25, -0.2) is 9.59 Å². The minimum Gasteiger partial charge on any atom is -0.453 e. The monoisotopic (exact) mass is 762 g/mol. The summed E-state index contributed by atoms with van der Waals surface area (Å²) in [6, 6.07) is 0. The Morgan fingerprint density at radius 2 is 1.29 bits per heavy atom. The van der Waals surface area contributed by atoms with E-state index in [0.29, 0.717) is 18.2 Å². The molecule has 4 aliphatic heterocycles. The number of ether oxygens (including phenoxy) is 2. The van der Waals surface area contributed by atoms with E-state index in [2.05, 4.69) is 49.2 Å². The van der Waals surface area contributed by atoms with E-state index >= 15 is 0 Å². The van der Waals surface area contributed by atoms with Crippen LogP contribution in [0, 0.1) is 23.7 Å². The number of esters is 2. The molecule has 0 aromatic heterocycles. The number of alkyl halides is 2. The van der Waals surface area contributed by atoms with Crippen molar-refractivity contribution in [1.29, 1.82) is 0 Å². The van der Waals surface area contributed by atoms with Gasteiger partial charge in [-0.2, -0.15) is 0 Å². The van der Waals surface area contributed by atoms with Gasteiger partial charge < -0.3 is 30.3 Å².